The van der Waals surface area contributed by atoms with Crippen molar-refractivity contribution in [1.29, 1.82) is 0 Å². The molecular formula is C13H15ClN2O. The molecule has 2 aromatic heterocycles. The van der Waals surface area contributed by atoms with Gasteiger partial charge in [-0.25, -0.2) is 4.98 Å². The Morgan fingerprint density at radius 1 is 1.47 bits per heavy atom. The highest BCUT2D eigenvalue weighted by molar-refractivity contribution is 6.20. The third kappa shape index (κ3) is 1.89. The Morgan fingerprint density at radius 2 is 2.35 bits per heavy atom. The van der Waals surface area contributed by atoms with E-state index in [9.17, 15) is 0 Å². The minimum atomic E-state index is 0.287. The third-order valence-electron chi connectivity index (χ3n) is 3.46. The van der Waals surface area contributed by atoms with E-state index in [1.165, 1.54) is 0 Å². The van der Waals surface area contributed by atoms with Crippen molar-refractivity contribution < 1.29 is 4.42 Å². The monoisotopic (exact) mass is 250 g/mol. The van der Waals surface area contributed by atoms with Gasteiger partial charge in [0.1, 0.15) is 11.4 Å². The molecule has 0 spiro atoms. The van der Waals surface area contributed by atoms with Crippen LogP contribution >= 0.6 is 11.6 Å². The van der Waals surface area contributed by atoms with Gasteiger partial charge in [-0.1, -0.05) is 6.92 Å². The Kier molecular flexibility index (Phi) is 2.71. The van der Waals surface area contributed by atoms with E-state index >= 15 is 0 Å². The zero-order valence-electron chi connectivity index (χ0n) is 9.77. The van der Waals surface area contributed by atoms with Gasteiger partial charge >= 0.3 is 0 Å². The van der Waals surface area contributed by atoms with Gasteiger partial charge in [-0.2, -0.15) is 0 Å². The second-order valence-electron chi connectivity index (χ2n) is 4.69. The number of aromatic nitrogens is 1. The summed E-state index contributed by atoms with van der Waals surface area (Å²) in [6.45, 7) is 4.13. The Morgan fingerprint density at radius 3 is 3.18 bits per heavy atom. The molecule has 0 saturated carbocycles. The number of nitrogens with zero attached hydrogens (tertiary/aromatic N) is 2. The molecule has 3 nitrogen and oxygen atoms in total. The minimum Gasteiger partial charge on any atom is -0.464 e. The van der Waals surface area contributed by atoms with E-state index in [4.69, 9.17) is 16.0 Å². The molecule has 0 N–H and O–H groups in total. The minimum absolute atomic E-state index is 0.287. The third-order valence-corrected chi connectivity index (χ3v) is 4.11. The summed E-state index contributed by atoms with van der Waals surface area (Å²) in [6.07, 6.45) is 4.53. The van der Waals surface area contributed by atoms with Gasteiger partial charge in [-0.05, 0) is 24.5 Å². The van der Waals surface area contributed by atoms with Gasteiger partial charge in [0.25, 0.3) is 0 Å². The van der Waals surface area contributed by atoms with Crippen LogP contribution in [-0.4, -0.2) is 23.5 Å². The molecule has 0 aliphatic carbocycles. The molecule has 1 saturated heterocycles. The fraction of sp³-hybridized carbons (Fsp3) is 0.462. The Hall–Kier alpha value is -1.22. The molecule has 1 aliphatic rings. The normalized spacial score (nSPS) is 25.4. The molecule has 1 fully saturated rings. The van der Waals surface area contributed by atoms with Gasteiger partial charge in [0.15, 0.2) is 0 Å². The number of hydrogen-bond donors (Lipinski definition) is 0. The molecule has 4 heteroatoms. The van der Waals surface area contributed by atoms with E-state index in [1.54, 1.807) is 12.5 Å². The summed E-state index contributed by atoms with van der Waals surface area (Å²) in [7, 11) is 0. The molecule has 17 heavy (non-hydrogen) atoms. The van der Waals surface area contributed by atoms with Gasteiger partial charge in [0, 0.05) is 24.7 Å². The van der Waals surface area contributed by atoms with Gasteiger partial charge in [0.05, 0.1) is 11.6 Å². The predicted molar refractivity (Wildman–Crippen MR) is 69.6 cm³/mol. The number of hydrogen-bond acceptors (Lipinski definition) is 3. The van der Waals surface area contributed by atoms with E-state index < -0.39 is 0 Å². The second kappa shape index (κ2) is 4.22. The summed E-state index contributed by atoms with van der Waals surface area (Å²) >= 11 is 6.25. The maximum atomic E-state index is 6.25. The Balaban J connectivity index is 1.96. The first kappa shape index (κ1) is 10.9. The van der Waals surface area contributed by atoms with Crippen LogP contribution < -0.4 is 4.90 Å². The van der Waals surface area contributed by atoms with Crippen molar-refractivity contribution in [3.63, 3.8) is 0 Å². The average molecular weight is 251 g/mol. The van der Waals surface area contributed by atoms with Crippen LogP contribution in [-0.2, 0) is 0 Å². The number of fused-ring (bicyclic) bond motifs is 1. The summed E-state index contributed by atoms with van der Waals surface area (Å²) in [5.74, 6) is 1.51. The highest BCUT2D eigenvalue weighted by Gasteiger charge is 2.26. The predicted octanol–water partition coefficient (Wildman–Crippen LogP) is 3.28. The molecule has 0 bridgehead atoms. The number of rotatable bonds is 1. The van der Waals surface area contributed by atoms with Crippen molar-refractivity contribution in [2.24, 2.45) is 5.92 Å². The summed E-state index contributed by atoms with van der Waals surface area (Å²) in [5.41, 5.74) is 0.899. The van der Waals surface area contributed by atoms with Crippen LogP contribution in [0.1, 0.15) is 13.3 Å². The van der Waals surface area contributed by atoms with Crippen molar-refractivity contribution in [2.75, 3.05) is 18.0 Å². The van der Waals surface area contributed by atoms with Crippen LogP contribution in [0.15, 0.2) is 29.0 Å². The lowest BCUT2D eigenvalue weighted by Gasteiger charge is -2.35. The highest BCUT2D eigenvalue weighted by atomic mass is 35.5. The van der Waals surface area contributed by atoms with Crippen LogP contribution in [0, 0.1) is 5.92 Å². The van der Waals surface area contributed by atoms with Crippen LogP contribution in [0.3, 0.4) is 0 Å². The molecular weight excluding hydrogens is 236 g/mol. The molecule has 2 aromatic rings. The van der Waals surface area contributed by atoms with Crippen LogP contribution in [0.4, 0.5) is 5.82 Å². The number of halogens is 1. The molecule has 2 unspecified atom stereocenters. The largest absolute Gasteiger partial charge is 0.464 e. The van der Waals surface area contributed by atoms with Gasteiger partial charge in [0.2, 0.25) is 0 Å². The van der Waals surface area contributed by atoms with E-state index in [1.807, 2.05) is 12.1 Å². The SMILES string of the molecule is CC1CN(c2nccc3occc23)CCC1Cl. The summed E-state index contributed by atoms with van der Waals surface area (Å²) in [6, 6.07) is 3.88. The summed E-state index contributed by atoms with van der Waals surface area (Å²) in [4.78, 5) is 6.79. The van der Waals surface area contributed by atoms with Crippen molar-refractivity contribution in [3.05, 3.63) is 24.6 Å². The molecule has 2 atom stereocenters. The van der Waals surface area contributed by atoms with Gasteiger partial charge < -0.3 is 9.32 Å². The molecule has 0 aromatic carbocycles. The van der Waals surface area contributed by atoms with Crippen molar-refractivity contribution in [1.82, 2.24) is 4.98 Å². The topological polar surface area (TPSA) is 29.3 Å². The smallest absolute Gasteiger partial charge is 0.139 e. The number of alkyl halides is 1. The van der Waals surface area contributed by atoms with E-state index in [-0.39, 0.29) is 5.38 Å². The van der Waals surface area contributed by atoms with Gasteiger partial charge in [-0.3, -0.25) is 0 Å². The van der Waals surface area contributed by atoms with Crippen LogP contribution in [0.5, 0.6) is 0 Å². The molecule has 1 aliphatic heterocycles. The first-order valence-corrected chi connectivity index (χ1v) is 6.40. The van der Waals surface area contributed by atoms with Crippen LogP contribution in [0.25, 0.3) is 11.0 Å². The number of furan rings is 1. The molecule has 0 amide bonds. The fourth-order valence-corrected chi connectivity index (χ4v) is 2.62. The maximum Gasteiger partial charge on any atom is 0.139 e. The molecule has 3 heterocycles. The number of piperidine rings is 1. The van der Waals surface area contributed by atoms with E-state index in [0.29, 0.717) is 5.92 Å². The van der Waals surface area contributed by atoms with E-state index in [2.05, 4.69) is 16.8 Å². The zero-order valence-corrected chi connectivity index (χ0v) is 10.5. The van der Waals surface area contributed by atoms with Crippen molar-refractivity contribution >= 4 is 28.4 Å². The standard InChI is InChI=1S/C13H15ClN2O/c1-9-8-16(6-3-11(9)14)13-10-4-7-17-12(10)2-5-15-13/h2,4-5,7,9,11H,3,6,8H2,1H3. The lowest BCUT2D eigenvalue weighted by atomic mass is 9.99. The first-order chi connectivity index (χ1) is 8.25. The summed E-state index contributed by atoms with van der Waals surface area (Å²) < 4.78 is 5.40. The molecule has 90 valence electrons. The maximum absolute atomic E-state index is 6.25. The van der Waals surface area contributed by atoms with Crippen molar-refractivity contribution in [3.8, 4) is 0 Å². The average Bonchev–Trinajstić information content (AvgIpc) is 2.80. The number of pyridine rings is 1. The lowest BCUT2D eigenvalue weighted by molar-refractivity contribution is 0.453. The first-order valence-electron chi connectivity index (χ1n) is 5.97. The van der Waals surface area contributed by atoms with Gasteiger partial charge in [-0.15, -0.1) is 11.6 Å². The Bertz CT molecular complexity index is 525. The zero-order chi connectivity index (χ0) is 11.8. The fourth-order valence-electron chi connectivity index (χ4n) is 2.44. The second-order valence-corrected chi connectivity index (χ2v) is 5.26. The van der Waals surface area contributed by atoms with Crippen molar-refractivity contribution in [2.45, 2.75) is 18.7 Å². The Labute approximate surface area is 105 Å². The number of anilines is 1. The highest BCUT2D eigenvalue weighted by Crippen LogP contribution is 2.30. The molecule has 0 radical (unpaired) electrons. The summed E-state index contributed by atoms with van der Waals surface area (Å²) in [5, 5.41) is 1.38. The lowest BCUT2D eigenvalue weighted by Crippen LogP contribution is -2.40. The quantitative estimate of drug-likeness (QED) is 0.728. The van der Waals surface area contributed by atoms with Crippen LogP contribution in [0.2, 0.25) is 0 Å². The van der Waals surface area contributed by atoms with E-state index in [0.717, 1.165) is 36.3 Å². The molecule has 3 rings (SSSR count).